The molecule has 0 spiro atoms. The Hall–Kier alpha value is -1.17. The van der Waals surface area contributed by atoms with Crippen molar-refractivity contribution >= 4 is 25.3 Å². The van der Waals surface area contributed by atoms with Crippen LogP contribution in [0, 0.1) is 5.92 Å². The van der Waals surface area contributed by atoms with Gasteiger partial charge in [0.25, 0.3) is 10.1 Å². The number of carbonyl (C=O) groups is 1. The van der Waals surface area contributed by atoms with E-state index >= 15 is 0 Å². The Morgan fingerprint density at radius 2 is 1.86 bits per heavy atom. The van der Waals surface area contributed by atoms with Crippen molar-refractivity contribution in [1.29, 1.82) is 0 Å². The lowest BCUT2D eigenvalue weighted by molar-refractivity contribution is -0.141. The number of rotatable bonds is 5. The minimum Gasteiger partial charge on any atom is -0.508 e. The first-order valence-electron chi connectivity index (χ1n) is 6.33. The monoisotopic (exact) mass is 336 g/mol. The lowest BCUT2D eigenvalue weighted by Crippen LogP contribution is -2.08. The van der Waals surface area contributed by atoms with E-state index in [2.05, 4.69) is 0 Å². The van der Waals surface area contributed by atoms with Gasteiger partial charge in [-0.15, -0.1) is 9.24 Å². The zero-order valence-corrected chi connectivity index (χ0v) is 13.9. The molecule has 0 saturated heterocycles. The molecule has 0 aliphatic carbocycles. The van der Waals surface area contributed by atoms with Gasteiger partial charge in [0.05, 0.1) is 5.92 Å². The van der Waals surface area contributed by atoms with Crippen molar-refractivity contribution in [3.8, 4) is 5.75 Å². The molecule has 0 saturated carbocycles. The maximum Gasteiger partial charge on any atom is 0.306 e. The number of hydrogen-bond donors (Lipinski definition) is 3. The maximum absolute atomic E-state index is 10.7. The Bertz CT molecular complexity index is 558. The van der Waals surface area contributed by atoms with Gasteiger partial charge in [0.2, 0.25) is 0 Å². The second-order valence-electron chi connectivity index (χ2n) is 4.52. The number of phenolic OH excluding ortho intramolecular Hbond substituents is 1. The van der Waals surface area contributed by atoms with Crippen LogP contribution in [0.3, 0.4) is 0 Å². The number of carboxylic acids is 1. The minimum atomic E-state index is -4.18. The van der Waals surface area contributed by atoms with Crippen LogP contribution in [0.25, 0.3) is 0 Å². The number of aliphatic carboxylic acids is 1. The van der Waals surface area contributed by atoms with E-state index in [-0.39, 0.29) is 17.2 Å². The lowest BCUT2D eigenvalue weighted by Gasteiger charge is -2.09. The van der Waals surface area contributed by atoms with Crippen molar-refractivity contribution in [2.45, 2.75) is 31.7 Å². The molecule has 0 aliphatic rings. The predicted octanol–water partition coefficient (Wildman–Crippen LogP) is 2.66. The first-order valence-corrected chi connectivity index (χ1v) is 8.50. The first kappa shape index (κ1) is 19.8. The molecular weight excluding hydrogens is 315 g/mol. The van der Waals surface area contributed by atoms with E-state index in [0.717, 1.165) is 12.8 Å². The van der Waals surface area contributed by atoms with Crippen molar-refractivity contribution < 1.29 is 28.0 Å². The highest BCUT2D eigenvalue weighted by Crippen LogP contribution is 2.33. The van der Waals surface area contributed by atoms with Crippen LogP contribution in [0.5, 0.6) is 5.75 Å². The fourth-order valence-corrected chi connectivity index (χ4v) is 2.25. The van der Waals surface area contributed by atoms with Crippen LogP contribution in [0.4, 0.5) is 0 Å². The Labute approximate surface area is 127 Å². The third-order valence-corrected chi connectivity index (χ3v) is 4.99. The second kappa shape index (κ2) is 8.97. The van der Waals surface area contributed by atoms with Crippen molar-refractivity contribution in [1.82, 2.24) is 0 Å². The molecule has 120 valence electrons. The Morgan fingerprint density at radius 3 is 2.19 bits per heavy atom. The molecule has 0 bridgehead atoms. The van der Waals surface area contributed by atoms with Crippen LogP contribution in [-0.4, -0.2) is 29.2 Å². The van der Waals surface area contributed by atoms with Crippen LogP contribution in [0.15, 0.2) is 24.3 Å². The predicted molar refractivity (Wildman–Crippen MR) is 83.8 cm³/mol. The van der Waals surface area contributed by atoms with E-state index in [1.807, 2.05) is 16.2 Å². The largest absolute Gasteiger partial charge is 0.508 e. The zero-order valence-electron chi connectivity index (χ0n) is 11.9. The van der Waals surface area contributed by atoms with E-state index < -0.39 is 21.1 Å². The summed E-state index contributed by atoms with van der Waals surface area (Å²) in [4.78, 5) is 8.90. The fraction of sp³-hybridized carbons (Fsp3) is 0.462. The van der Waals surface area contributed by atoms with Crippen molar-refractivity contribution in [3.63, 3.8) is 0 Å². The quantitative estimate of drug-likeness (QED) is 0.563. The van der Waals surface area contributed by atoms with Gasteiger partial charge >= 0.3 is 5.97 Å². The summed E-state index contributed by atoms with van der Waals surface area (Å²) in [5.41, 5.74) is 0.162. The molecule has 8 heteroatoms. The number of carboxylic acid groups (broad SMARTS) is 1. The summed E-state index contributed by atoms with van der Waals surface area (Å²) in [6, 6.07) is 5.94. The van der Waals surface area contributed by atoms with Gasteiger partial charge in [-0.25, -0.2) is 0 Å². The summed E-state index contributed by atoms with van der Waals surface area (Å²) >= 11 is 0. The molecule has 6 nitrogen and oxygen atoms in total. The molecular formula is C13H21O6PS. The molecule has 21 heavy (non-hydrogen) atoms. The van der Waals surface area contributed by atoms with Crippen LogP contribution >= 0.6 is 9.24 Å². The van der Waals surface area contributed by atoms with E-state index in [1.54, 1.807) is 19.1 Å². The smallest absolute Gasteiger partial charge is 0.306 e. The van der Waals surface area contributed by atoms with Crippen LogP contribution in [-0.2, 0) is 14.9 Å². The Morgan fingerprint density at radius 1 is 1.33 bits per heavy atom. The van der Waals surface area contributed by atoms with Gasteiger partial charge in [0.15, 0.2) is 0 Å². The average Bonchev–Trinajstić information content (AvgIpc) is 2.38. The molecule has 0 amide bonds. The van der Waals surface area contributed by atoms with Crippen molar-refractivity contribution in [2.24, 2.45) is 5.92 Å². The van der Waals surface area contributed by atoms with Gasteiger partial charge in [0.1, 0.15) is 10.7 Å². The average molecular weight is 336 g/mol. The van der Waals surface area contributed by atoms with Gasteiger partial charge in [-0.05, 0) is 12.5 Å². The molecule has 1 aromatic rings. The molecule has 0 aliphatic heterocycles. The summed E-state index contributed by atoms with van der Waals surface area (Å²) in [6.07, 6.45) is 1.74. The van der Waals surface area contributed by atoms with Gasteiger partial charge < -0.3 is 10.2 Å². The normalized spacial score (nSPS) is 13.7. The van der Waals surface area contributed by atoms with E-state index in [1.165, 1.54) is 12.1 Å². The molecule has 0 radical (unpaired) electrons. The van der Waals surface area contributed by atoms with Crippen LogP contribution in [0.1, 0.15) is 37.2 Å². The maximum atomic E-state index is 10.7. The molecule has 3 unspecified atom stereocenters. The molecule has 0 fully saturated rings. The minimum absolute atomic E-state index is 0.153. The summed E-state index contributed by atoms with van der Waals surface area (Å²) in [6.45, 7) is 3.71. The first-order chi connectivity index (χ1) is 9.61. The fourth-order valence-electron chi connectivity index (χ4n) is 1.45. The summed E-state index contributed by atoms with van der Waals surface area (Å²) in [7, 11) is -2.22. The van der Waals surface area contributed by atoms with E-state index in [9.17, 15) is 18.3 Å². The van der Waals surface area contributed by atoms with Crippen LogP contribution in [0.2, 0.25) is 0 Å². The Balaban J connectivity index is 0.000000433. The van der Waals surface area contributed by atoms with E-state index in [0.29, 0.717) is 0 Å². The molecule has 1 aromatic carbocycles. The molecule has 3 atom stereocenters. The number of hydrogen-bond acceptors (Lipinski definition) is 4. The summed E-state index contributed by atoms with van der Waals surface area (Å²) in [5, 5.41) is 17.6. The number of para-hydroxylation sites is 1. The highest BCUT2D eigenvalue weighted by atomic mass is 32.2. The van der Waals surface area contributed by atoms with Gasteiger partial charge in [-0.1, -0.05) is 38.5 Å². The van der Waals surface area contributed by atoms with Gasteiger partial charge in [-0.3, -0.25) is 9.35 Å². The zero-order chi connectivity index (χ0) is 16.6. The lowest BCUT2D eigenvalue weighted by atomic mass is 10.1. The van der Waals surface area contributed by atoms with Crippen molar-refractivity contribution in [3.05, 3.63) is 29.8 Å². The molecule has 0 heterocycles. The third kappa shape index (κ3) is 7.41. The standard InChI is InChI=1S/C7H9O4PS.C6H12O2/c8-6-4-2-1-3-5(6)7(12)13(9,10)11;1-3-4-5(2)6(7)8/h1-4,7-8H,12H2,(H,9,10,11);5H,3-4H2,1-2H3,(H,7,8). The second-order valence-corrected chi connectivity index (χ2v) is 7.21. The number of benzene rings is 1. The SMILES string of the molecule is CCCC(C)C(=O)O.O=S(=O)(O)C(P)c1ccccc1O. The van der Waals surface area contributed by atoms with Crippen LogP contribution < -0.4 is 0 Å². The van der Waals surface area contributed by atoms with E-state index in [4.69, 9.17) is 9.66 Å². The highest BCUT2D eigenvalue weighted by molar-refractivity contribution is 7.90. The Kier molecular flexibility index (Phi) is 8.47. The summed E-state index contributed by atoms with van der Waals surface area (Å²) in [5.74, 6) is -1.01. The number of aromatic hydroxyl groups is 1. The molecule has 3 N–H and O–H groups in total. The van der Waals surface area contributed by atoms with Crippen molar-refractivity contribution in [2.75, 3.05) is 0 Å². The van der Waals surface area contributed by atoms with Gasteiger partial charge in [-0.2, -0.15) is 8.42 Å². The topological polar surface area (TPSA) is 112 Å². The highest BCUT2D eigenvalue weighted by Gasteiger charge is 2.21. The molecule has 1 rings (SSSR count). The third-order valence-electron chi connectivity index (χ3n) is 2.71. The number of phenols is 1. The molecule has 0 aromatic heterocycles. The van der Waals surface area contributed by atoms with Gasteiger partial charge in [0, 0.05) is 5.56 Å². The summed E-state index contributed by atoms with van der Waals surface area (Å²) < 4.78 is 30.1.